The summed E-state index contributed by atoms with van der Waals surface area (Å²) in [5.74, 6) is -1.30. The molecule has 0 unspecified atom stereocenters. The number of halogens is 2. The van der Waals surface area contributed by atoms with Crippen molar-refractivity contribution < 1.29 is 23.5 Å². The molecule has 1 N–H and O–H groups in total. The van der Waals surface area contributed by atoms with Crippen molar-refractivity contribution in [3.05, 3.63) is 98.8 Å². The Labute approximate surface area is 204 Å². The molecule has 1 saturated heterocycles. The molecule has 172 valence electrons. The van der Waals surface area contributed by atoms with Gasteiger partial charge >= 0.3 is 6.03 Å². The molecular formula is C26H20BrFN2O4. The van der Waals surface area contributed by atoms with Crippen LogP contribution in [0.25, 0.3) is 6.08 Å². The van der Waals surface area contributed by atoms with Crippen LogP contribution in [0.1, 0.15) is 22.3 Å². The number of urea groups is 1. The number of hydrogen-bond donors (Lipinski definition) is 1. The minimum Gasteiger partial charge on any atom is -0.488 e. The number of hydrogen-bond acceptors (Lipinski definition) is 4. The number of nitrogens with one attached hydrogen (secondary N) is 1. The summed E-state index contributed by atoms with van der Waals surface area (Å²) >= 11 is 3.42. The summed E-state index contributed by atoms with van der Waals surface area (Å²) in [4.78, 5) is 38.9. The van der Waals surface area contributed by atoms with Crippen LogP contribution in [-0.2, 0) is 16.2 Å². The molecule has 3 aromatic carbocycles. The van der Waals surface area contributed by atoms with Gasteiger partial charge < -0.3 is 4.74 Å². The molecule has 1 aliphatic rings. The molecular weight excluding hydrogens is 503 g/mol. The van der Waals surface area contributed by atoms with E-state index in [0.717, 1.165) is 16.0 Å². The van der Waals surface area contributed by atoms with E-state index in [0.29, 0.717) is 27.0 Å². The number of rotatable bonds is 5. The highest BCUT2D eigenvalue weighted by atomic mass is 79.9. The van der Waals surface area contributed by atoms with Crippen LogP contribution in [0.5, 0.6) is 5.75 Å². The Balaban J connectivity index is 1.57. The Morgan fingerprint density at radius 2 is 1.79 bits per heavy atom. The fourth-order valence-corrected chi connectivity index (χ4v) is 3.95. The van der Waals surface area contributed by atoms with Gasteiger partial charge in [-0.25, -0.2) is 14.1 Å². The molecule has 0 atom stereocenters. The van der Waals surface area contributed by atoms with Crippen molar-refractivity contribution in [3.63, 3.8) is 0 Å². The molecule has 4 rings (SSSR count). The van der Waals surface area contributed by atoms with Crippen LogP contribution >= 0.6 is 15.9 Å². The third-order valence-corrected chi connectivity index (χ3v) is 6.02. The third-order valence-electron chi connectivity index (χ3n) is 5.40. The van der Waals surface area contributed by atoms with E-state index in [2.05, 4.69) is 21.2 Å². The number of benzene rings is 3. The largest absolute Gasteiger partial charge is 0.488 e. The first-order valence-electron chi connectivity index (χ1n) is 10.4. The standard InChI is InChI=1S/C26H20BrFN2O4/c1-15-6-8-20(10-16(15)2)30-25(32)21(24(31)29-26(30)33)12-17-7-9-23(22(27)13-17)34-14-18-4-3-5-19(28)11-18/h3-13H,14H2,1-2H3,(H,29,31,33)/b21-12+. The topological polar surface area (TPSA) is 75.7 Å². The quantitative estimate of drug-likeness (QED) is 0.357. The second kappa shape index (κ2) is 9.61. The lowest BCUT2D eigenvalue weighted by Crippen LogP contribution is -2.54. The van der Waals surface area contributed by atoms with E-state index in [1.807, 2.05) is 19.9 Å². The average Bonchev–Trinajstić information content (AvgIpc) is 2.78. The number of barbiturate groups is 1. The van der Waals surface area contributed by atoms with E-state index >= 15 is 0 Å². The van der Waals surface area contributed by atoms with Crippen molar-refractivity contribution in [2.75, 3.05) is 4.90 Å². The summed E-state index contributed by atoms with van der Waals surface area (Å²) < 4.78 is 19.7. The highest BCUT2D eigenvalue weighted by molar-refractivity contribution is 9.10. The molecule has 0 aliphatic carbocycles. The molecule has 1 aliphatic heterocycles. The molecule has 4 amide bonds. The lowest BCUT2D eigenvalue weighted by atomic mass is 10.1. The first kappa shape index (κ1) is 23.4. The molecule has 6 nitrogen and oxygen atoms in total. The van der Waals surface area contributed by atoms with Crippen molar-refractivity contribution in [3.8, 4) is 5.75 Å². The maximum absolute atomic E-state index is 13.4. The van der Waals surface area contributed by atoms with Gasteiger partial charge in [-0.15, -0.1) is 0 Å². The van der Waals surface area contributed by atoms with Gasteiger partial charge in [-0.1, -0.05) is 24.3 Å². The zero-order valence-corrected chi connectivity index (χ0v) is 20.0. The first-order chi connectivity index (χ1) is 16.2. The molecule has 34 heavy (non-hydrogen) atoms. The number of amides is 4. The molecule has 1 heterocycles. The van der Waals surface area contributed by atoms with Crippen molar-refractivity contribution in [1.82, 2.24) is 5.32 Å². The second-order valence-electron chi connectivity index (χ2n) is 7.83. The highest BCUT2D eigenvalue weighted by Gasteiger charge is 2.36. The van der Waals surface area contributed by atoms with E-state index in [1.165, 1.54) is 18.2 Å². The van der Waals surface area contributed by atoms with E-state index in [-0.39, 0.29) is 18.0 Å². The van der Waals surface area contributed by atoms with Gasteiger partial charge in [0.2, 0.25) is 0 Å². The number of aryl methyl sites for hydroxylation is 2. The molecule has 0 bridgehead atoms. The number of carbonyl (C=O) groups excluding carboxylic acids is 3. The molecule has 0 spiro atoms. The smallest absolute Gasteiger partial charge is 0.335 e. The molecule has 0 aromatic heterocycles. The van der Waals surface area contributed by atoms with Crippen LogP contribution < -0.4 is 15.0 Å². The van der Waals surface area contributed by atoms with Gasteiger partial charge in [-0.3, -0.25) is 14.9 Å². The number of imide groups is 2. The number of nitrogens with zero attached hydrogens (tertiary/aromatic N) is 1. The molecule has 0 saturated carbocycles. The Morgan fingerprint density at radius 1 is 1.00 bits per heavy atom. The van der Waals surface area contributed by atoms with Crippen molar-refractivity contribution in [2.24, 2.45) is 0 Å². The average molecular weight is 523 g/mol. The van der Waals surface area contributed by atoms with Gasteiger partial charge in [0, 0.05) is 0 Å². The van der Waals surface area contributed by atoms with Crippen LogP contribution in [0, 0.1) is 19.7 Å². The molecule has 3 aromatic rings. The summed E-state index contributed by atoms with van der Waals surface area (Å²) in [6.07, 6.45) is 1.42. The summed E-state index contributed by atoms with van der Waals surface area (Å²) in [5.41, 5.74) is 3.38. The van der Waals surface area contributed by atoms with Gasteiger partial charge in [0.05, 0.1) is 10.2 Å². The fourth-order valence-electron chi connectivity index (χ4n) is 3.44. The summed E-state index contributed by atoms with van der Waals surface area (Å²) in [7, 11) is 0. The van der Waals surface area contributed by atoms with Crippen molar-refractivity contribution in [1.29, 1.82) is 0 Å². The van der Waals surface area contributed by atoms with E-state index in [1.54, 1.807) is 42.5 Å². The lowest BCUT2D eigenvalue weighted by Gasteiger charge is -2.26. The fraction of sp³-hybridized carbons (Fsp3) is 0.115. The van der Waals surface area contributed by atoms with Gasteiger partial charge in [0.25, 0.3) is 11.8 Å². The predicted octanol–water partition coefficient (Wildman–Crippen LogP) is 5.45. The van der Waals surface area contributed by atoms with Crippen LogP contribution in [0.3, 0.4) is 0 Å². The minimum absolute atomic E-state index is 0.168. The third kappa shape index (κ3) is 4.92. The van der Waals surface area contributed by atoms with Gasteiger partial charge in [-0.2, -0.15) is 0 Å². The highest BCUT2D eigenvalue weighted by Crippen LogP contribution is 2.29. The Morgan fingerprint density at radius 3 is 2.50 bits per heavy atom. The lowest BCUT2D eigenvalue weighted by molar-refractivity contribution is -0.122. The normalized spacial score (nSPS) is 15.0. The summed E-state index contributed by atoms with van der Waals surface area (Å²) in [5, 5.41) is 2.22. The summed E-state index contributed by atoms with van der Waals surface area (Å²) in [6.45, 7) is 3.97. The monoisotopic (exact) mass is 522 g/mol. The number of carbonyl (C=O) groups is 3. The molecule has 8 heteroatoms. The van der Waals surface area contributed by atoms with Crippen LogP contribution in [-0.4, -0.2) is 17.8 Å². The van der Waals surface area contributed by atoms with E-state index < -0.39 is 17.8 Å². The Hall–Kier alpha value is -3.78. The van der Waals surface area contributed by atoms with E-state index in [9.17, 15) is 18.8 Å². The first-order valence-corrected chi connectivity index (χ1v) is 11.2. The van der Waals surface area contributed by atoms with E-state index in [4.69, 9.17) is 4.74 Å². The zero-order chi connectivity index (χ0) is 24.4. The maximum atomic E-state index is 13.4. The molecule has 1 fully saturated rings. The maximum Gasteiger partial charge on any atom is 0.335 e. The van der Waals surface area contributed by atoms with Gasteiger partial charge in [0.1, 0.15) is 23.7 Å². The van der Waals surface area contributed by atoms with Crippen molar-refractivity contribution >= 4 is 45.5 Å². The van der Waals surface area contributed by atoms with Gasteiger partial charge in [0.15, 0.2) is 0 Å². The predicted molar refractivity (Wildman–Crippen MR) is 130 cm³/mol. The summed E-state index contributed by atoms with van der Waals surface area (Å²) in [6, 6.07) is 15.6. The van der Waals surface area contributed by atoms with Crippen LogP contribution in [0.2, 0.25) is 0 Å². The van der Waals surface area contributed by atoms with Crippen LogP contribution in [0.4, 0.5) is 14.9 Å². The SMILES string of the molecule is Cc1ccc(N2C(=O)NC(=O)/C(=C\c3ccc(OCc4cccc(F)c4)c(Br)c3)C2=O)cc1C. The molecule has 0 radical (unpaired) electrons. The van der Waals surface area contributed by atoms with Crippen molar-refractivity contribution in [2.45, 2.75) is 20.5 Å². The Bertz CT molecular complexity index is 1350. The second-order valence-corrected chi connectivity index (χ2v) is 8.69. The number of anilines is 1. The number of ether oxygens (including phenoxy) is 1. The van der Waals surface area contributed by atoms with Gasteiger partial charge in [-0.05, 0) is 94.5 Å². The zero-order valence-electron chi connectivity index (χ0n) is 18.4. The van der Waals surface area contributed by atoms with Crippen LogP contribution in [0.15, 0.2) is 70.7 Å². The minimum atomic E-state index is -0.794. The Kier molecular flexibility index (Phi) is 6.61.